The van der Waals surface area contributed by atoms with Crippen LogP contribution < -0.4 is 0 Å². The fourth-order valence-electron chi connectivity index (χ4n) is 0.939. The molecule has 0 aromatic heterocycles. The summed E-state index contributed by atoms with van der Waals surface area (Å²) in [6, 6.07) is 0. The lowest BCUT2D eigenvalue weighted by Crippen LogP contribution is -2.10. The van der Waals surface area contributed by atoms with E-state index in [0.29, 0.717) is 4.91 Å². The molecule has 0 aromatic rings. The van der Waals surface area contributed by atoms with Gasteiger partial charge in [-0.25, -0.2) is 0 Å². The molecule has 98 valence electrons. The Balaban J connectivity index is 4.76. The first-order valence-electron chi connectivity index (χ1n) is 5.46. The molecule has 0 aromatic carbocycles. The molecule has 17 heavy (non-hydrogen) atoms. The van der Waals surface area contributed by atoms with E-state index in [-0.39, 0.29) is 4.75 Å². The quantitative estimate of drug-likeness (QED) is 0.451. The van der Waals surface area contributed by atoms with Gasteiger partial charge >= 0.3 is 6.18 Å². The maximum absolute atomic E-state index is 12.2. The molecular weight excluding hydrogens is 245 g/mol. The molecule has 0 unspecified atom stereocenters. The van der Waals surface area contributed by atoms with E-state index < -0.39 is 12.6 Å². The fraction of sp³-hybridized carbons (Fsp3) is 0.538. The van der Waals surface area contributed by atoms with Gasteiger partial charge in [0.15, 0.2) is 0 Å². The molecule has 0 bridgehead atoms. The first kappa shape index (κ1) is 16.4. The third kappa shape index (κ3) is 9.10. The zero-order valence-corrected chi connectivity index (χ0v) is 11.3. The van der Waals surface area contributed by atoms with Crippen molar-refractivity contribution in [3.8, 4) is 0 Å². The molecule has 4 heteroatoms. The highest BCUT2D eigenvalue weighted by atomic mass is 32.2. The Morgan fingerprint density at radius 2 is 1.88 bits per heavy atom. The van der Waals surface area contributed by atoms with Crippen molar-refractivity contribution in [2.24, 2.45) is 0 Å². The SMILES string of the molecule is C=CC(C)(C)SC(C=CCC)=CCC(F)(F)F. The summed E-state index contributed by atoms with van der Waals surface area (Å²) in [4.78, 5) is 0.633. The van der Waals surface area contributed by atoms with Gasteiger partial charge in [-0.2, -0.15) is 13.2 Å². The molecule has 0 rings (SSSR count). The van der Waals surface area contributed by atoms with Crippen molar-refractivity contribution in [2.45, 2.75) is 44.5 Å². The molecule has 0 heterocycles. The molecule has 0 aliphatic rings. The average molecular weight is 264 g/mol. The highest BCUT2D eigenvalue weighted by Crippen LogP contribution is 2.34. The molecule has 0 aliphatic carbocycles. The van der Waals surface area contributed by atoms with Crippen LogP contribution in [0.5, 0.6) is 0 Å². The second-order valence-corrected chi connectivity index (χ2v) is 5.87. The number of rotatable bonds is 6. The number of hydrogen-bond acceptors (Lipinski definition) is 1. The maximum atomic E-state index is 12.2. The lowest BCUT2D eigenvalue weighted by Gasteiger charge is -2.19. The van der Waals surface area contributed by atoms with E-state index in [0.717, 1.165) is 6.42 Å². The highest BCUT2D eigenvalue weighted by molar-refractivity contribution is 8.04. The van der Waals surface area contributed by atoms with E-state index in [1.165, 1.54) is 17.8 Å². The van der Waals surface area contributed by atoms with E-state index in [1.54, 1.807) is 12.2 Å². The van der Waals surface area contributed by atoms with E-state index >= 15 is 0 Å². The van der Waals surface area contributed by atoms with Crippen LogP contribution in [0.4, 0.5) is 13.2 Å². The van der Waals surface area contributed by atoms with E-state index in [1.807, 2.05) is 26.8 Å². The summed E-state index contributed by atoms with van der Waals surface area (Å²) in [5, 5.41) is 0. The Hall–Kier alpha value is -0.640. The zero-order chi connectivity index (χ0) is 13.5. The number of halogens is 3. The monoisotopic (exact) mass is 264 g/mol. The Kier molecular flexibility index (Phi) is 6.68. The molecule has 0 radical (unpaired) electrons. The van der Waals surface area contributed by atoms with Crippen LogP contribution in [0.1, 0.15) is 33.6 Å². The molecule has 0 nitrogen and oxygen atoms in total. The summed E-state index contributed by atoms with van der Waals surface area (Å²) < 4.78 is 36.2. The second kappa shape index (κ2) is 6.94. The number of hydrogen-bond donors (Lipinski definition) is 0. The van der Waals surface area contributed by atoms with Gasteiger partial charge in [-0.05, 0) is 20.3 Å². The van der Waals surface area contributed by atoms with Crippen LogP contribution in [-0.2, 0) is 0 Å². The molecule has 0 amide bonds. The third-order valence-electron chi connectivity index (χ3n) is 1.93. The fourth-order valence-corrected chi connectivity index (χ4v) is 1.96. The van der Waals surface area contributed by atoms with Gasteiger partial charge in [0.05, 0.1) is 6.42 Å². The minimum atomic E-state index is -4.15. The van der Waals surface area contributed by atoms with Crippen LogP contribution in [0.2, 0.25) is 0 Å². The average Bonchev–Trinajstić information content (AvgIpc) is 2.21. The molecule has 0 spiro atoms. The third-order valence-corrected chi connectivity index (χ3v) is 3.16. The lowest BCUT2D eigenvalue weighted by molar-refractivity contribution is -0.125. The van der Waals surface area contributed by atoms with Crippen molar-refractivity contribution in [3.63, 3.8) is 0 Å². The van der Waals surface area contributed by atoms with Crippen molar-refractivity contribution < 1.29 is 13.2 Å². The van der Waals surface area contributed by atoms with Crippen molar-refractivity contribution in [3.05, 3.63) is 35.8 Å². The van der Waals surface area contributed by atoms with E-state index in [2.05, 4.69) is 6.58 Å². The normalized spacial score (nSPS) is 14.4. The Morgan fingerprint density at radius 1 is 1.29 bits per heavy atom. The minimum Gasteiger partial charge on any atom is -0.171 e. The van der Waals surface area contributed by atoms with Gasteiger partial charge in [-0.1, -0.05) is 31.2 Å². The van der Waals surface area contributed by atoms with Crippen molar-refractivity contribution >= 4 is 11.8 Å². The molecule has 0 saturated carbocycles. The predicted octanol–water partition coefficient (Wildman–Crippen LogP) is 5.49. The van der Waals surface area contributed by atoms with Gasteiger partial charge < -0.3 is 0 Å². The first-order valence-corrected chi connectivity index (χ1v) is 6.28. The number of thioether (sulfide) groups is 1. The Bertz CT molecular complexity index is 298. The number of alkyl halides is 3. The van der Waals surface area contributed by atoms with Crippen molar-refractivity contribution in [1.82, 2.24) is 0 Å². The van der Waals surface area contributed by atoms with Gasteiger partial charge in [0.2, 0.25) is 0 Å². The smallest absolute Gasteiger partial charge is 0.171 e. The predicted molar refractivity (Wildman–Crippen MR) is 70.1 cm³/mol. The van der Waals surface area contributed by atoms with Crippen LogP contribution >= 0.6 is 11.8 Å². The Labute approximate surface area is 106 Å². The second-order valence-electron chi connectivity index (χ2n) is 4.15. The molecule has 0 N–H and O–H groups in total. The van der Waals surface area contributed by atoms with E-state index in [9.17, 15) is 13.2 Å². The van der Waals surface area contributed by atoms with Crippen LogP contribution in [0.25, 0.3) is 0 Å². The summed E-state index contributed by atoms with van der Waals surface area (Å²) in [6.07, 6.45) is 2.32. The summed E-state index contributed by atoms with van der Waals surface area (Å²) in [7, 11) is 0. The molecule has 0 aliphatic heterocycles. The van der Waals surface area contributed by atoms with Gasteiger partial charge in [-0.15, -0.1) is 18.3 Å². The largest absolute Gasteiger partial charge is 0.392 e. The zero-order valence-electron chi connectivity index (χ0n) is 10.5. The standard InChI is InChI=1S/C13H19F3S/c1-5-7-8-11(9-10-13(14,15)16)17-12(3,4)6-2/h6-9H,2,5,10H2,1,3-4H3. The molecule has 0 atom stereocenters. The van der Waals surface area contributed by atoms with Crippen LogP contribution in [-0.4, -0.2) is 10.9 Å². The summed E-state index contributed by atoms with van der Waals surface area (Å²) in [5.74, 6) is 0. The van der Waals surface area contributed by atoms with Gasteiger partial charge in [0.25, 0.3) is 0 Å². The van der Waals surface area contributed by atoms with Gasteiger partial charge in [0.1, 0.15) is 0 Å². The summed E-state index contributed by atoms with van der Waals surface area (Å²) in [5.41, 5.74) is 0. The maximum Gasteiger partial charge on any atom is 0.392 e. The van der Waals surface area contributed by atoms with Crippen LogP contribution in [0.3, 0.4) is 0 Å². The van der Waals surface area contributed by atoms with Crippen molar-refractivity contribution in [1.29, 1.82) is 0 Å². The Morgan fingerprint density at radius 3 is 2.29 bits per heavy atom. The summed E-state index contributed by atoms with van der Waals surface area (Å²) in [6.45, 7) is 9.47. The first-order chi connectivity index (χ1) is 7.70. The minimum absolute atomic E-state index is 0.268. The molecule has 0 saturated heterocycles. The topological polar surface area (TPSA) is 0 Å². The highest BCUT2D eigenvalue weighted by Gasteiger charge is 2.25. The molecular formula is C13H19F3S. The van der Waals surface area contributed by atoms with Gasteiger partial charge in [-0.3, -0.25) is 0 Å². The molecule has 0 fully saturated rings. The lowest BCUT2D eigenvalue weighted by atomic mass is 10.2. The van der Waals surface area contributed by atoms with Crippen molar-refractivity contribution in [2.75, 3.05) is 0 Å². The van der Waals surface area contributed by atoms with Crippen LogP contribution in [0.15, 0.2) is 35.8 Å². The van der Waals surface area contributed by atoms with Crippen LogP contribution in [0, 0.1) is 0 Å². The van der Waals surface area contributed by atoms with E-state index in [4.69, 9.17) is 0 Å². The van der Waals surface area contributed by atoms with Gasteiger partial charge in [0, 0.05) is 9.65 Å². The summed E-state index contributed by atoms with van der Waals surface area (Å²) >= 11 is 1.38. The number of allylic oxidation sites excluding steroid dienone is 3.